The van der Waals surface area contributed by atoms with Crippen molar-refractivity contribution in [3.63, 3.8) is 0 Å². The van der Waals surface area contributed by atoms with E-state index in [0.717, 1.165) is 11.3 Å². The molecular formula is C16H25NO2S. The molecule has 0 heterocycles. The molecule has 1 fully saturated rings. The van der Waals surface area contributed by atoms with Crippen molar-refractivity contribution in [2.75, 3.05) is 11.6 Å². The molecule has 1 aromatic carbocycles. The van der Waals surface area contributed by atoms with Crippen LogP contribution in [0.4, 0.5) is 5.69 Å². The number of nitrogens with one attached hydrogen (secondary N) is 1. The van der Waals surface area contributed by atoms with Gasteiger partial charge < -0.3 is 5.32 Å². The minimum Gasteiger partial charge on any atom is -0.382 e. The zero-order valence-corrected chi connectivity index (χ0v) is 13.5. The highest BCUT2D eigenvalue weighted by Gasteiger charge is 2.20. The number of hydrogen-bond donors (Lipinski definition) is 1. The van der Waals surface area contributed by atoms with Gasteiger partial charge in [-0.25, -0.2) is 8.42 Å². The number of anilines is 1. The van der Waals surface area contributed by atoms with Crippen LogP contribution >= 0.6 is 0 Å². The fourth-order valence-corrected chi connectivity index (χ4v) is 3.63. The maximum Gasteiger partial charge on any atom is 0.175 e. The fraction of sp³-hybridized carbons (Fsp3) is 0.625. The molecule has 0 saturated heterocycles. The first-order chi connectivity index (χ1) is 9.38. The van der Waals surface area contributed by atoms with Gasteiger partial charge in [0.05, 0.1) is 4.90 Å². The van der Waals surface area contributed by atoms with Gasteiger partial charge in [-0.1, -0.05) is 25.3 Å². The number of aryl methyl sites for hydroxylation is 1. The molecule has 1 N–H and O–H groups in total. The van der Waals surface area contributed by atoms with E-state index in [9.17, 15) is 8.42 Å². The smallest absolute Gasteiger partial charge is 0.175 e. The molecule has 0 spiro atoms. The third kappa shape index (κ3) is 3.75. The second-order valence-corrected chi connectivity index (χ2v) is 8.10. The maximum absolute atomic E-state index is 11.7. The topological polar surface area (TPSA) is 46.2 Å². The average Bonchev–Trinajstić information content (AvgIpc) is 2.41. The normalized spacial score (nSPS) is 18.8. The molecule has 0 radical (unpaired) electrons. The Bertz CT molecular complexity index is 560. The van der Waals surface area contributed by atoms with Gasteiger partial charge in [0, 0.05) is 18.0 Å². The summed E-state index contributed by atoms with van der Waals surface area (Å²) in [5.41, 5.74) is 2.05. The molecule has 1 atom stereocenters. The molecule has 1 saturated carbocycles. The van der Waals surface area contributed by atoms with E-state index in [4.69, 9.17) is 0 Å². The van der Waals surface area contributed by atoms with Crippen molar-refractivity contribution >= 4 is 15.5 Å². The molecule has 2 rings (SSSR count). The molecule has 1 aliphatic rings. The predicted molar refractivity (Wildman–Crippen MR) is 83.9 cm³/mol. The lowest BCUT2D eigenvalue weighted by atomic mass is 9.84. The van der Waals surface area contributed by atoms with Crippen LogP contribution < -0.4 is 5.32 Å². The first-order valence-electron chi connectivity index (χ1n) is 7.45. The van der Waals surface area contributed by atoms with Crippen LogP contribution in [-0.4, -0.2) is 20.7 Å². The van der Waals surface area contributed by atoms with E-state index in [2.05, 4.69) is 12.2 Å². The number of sulfone groups is 1. The highest BCUT2D eigenvalue weighted by molar-refractivity contribution is 7.90. The number of benzene rings is 1. The lowest BCUT2D eigenvalue weighted by Gasteiger charge is -2.29. The van der Waals surface area contributed by atoms with Crippen molar-refractivity contribution in [1.82, 2.24) is 0 Å². The Morgan fingerprint density at radius 1 is 1.20 bits per heavy atom. The standard InChI is InChI=1S/C16H25NO2S/c1-12-9-10-15(20(3,18)19)11-16(12)17-13(2)14-7-5-4-6-8-14/h9-11,13-14,17H,4-8H2,1-3H3. The van der Waals surface area contributed by atoms with Gasteiger partial charge >= 0.3 is 0 Å². The molecule has 112 valence electrons. The Morgan fingerprint density at radius 2 is 1.85 bits per heavy atom. The largest absolute Gasteiger partial charge is 0.382 e. The van der Waals surface area contributed by atoms with Gasteiger partial charge in [-0.3, -0.25) is 0 Å². The summed E-state index contributed by atoms with van der Waals surface area (Å²) < 4.78 is 23.3. The van der Waals surface area contributed by atoms with Gasteiger partial charge in [-0.15, -0.1) is 0 Å². The molecule has 0 aliphatic heterocycles. The zero-order valence-electron chi connectivity index (χ0n) is 12.6. The van der Waals surface area contributed by atoms with E-state index >= 15 is 0 Å². The van der Waals surface area contributed by atoms with Crippen LogP contribution in [-0.2, 0) is 9.84 Å². The minimum atomic E-state index is -3.14. The van der Waals surface area contributed by atoms with Crippen LogP contribution in [0.3, 0.4) is 0 Å². The third-order valence-electron chi connectivity index (χ3n) is 4.38. The van der Waals surface area contributed by atoms with E-state index in [-0.39, 0.29) is 0 Å². The van der Waals surface area contributed by atoms with E-state index in [1.807, 2.05) is 13.0 Å². The predicted octanol–water partition coefficient (Wildman–Crippen LogP) is 3.78. The lowest BCUT2D eigenvalue weighted by Crippen LogP contribution is -2.28. The molecule has 20 heavy (non-hydrogen) atoms. The van der Waals surface area contributed by atoms with Gasteiger partial charge in [-0.05, 0) is 50.3 Å². The summed E-state index contributed by atoms with van der Waals surface area (Å²) in [6, 6.07) is 5.72. The summed E-state index contributed by atoms with van der Waals surface area (Å²) in [7, 11) is -3.14. The minimum absolute atomic E-state index is 0.390. The molecule has 0 aromatic heterocycles. The lowest BCUT2D eigenvalue weighted by molar-refractivity contribution is 0.328. The van der Waals surface area contributed by atoms with Crippen LogP contribution in [0, 0.1) is 12.8 Å². The van der Waals surface area contributed by atoms with Crippen LogP contribution in [0.25, 0.3) is 0 Å². The first kappa shape index (κ1) is 15.4. The van der Waals surface area contributed by atoms with E-state index in [0.29, 0.717) is 16.9 Å². The second kappa shape index (κ2) is 6.17. The highest BCUT2D eigenvalue weighted by atomic mass is 32.2. The van der Waals surface area contributed by atoms with Gasteiger partial charge in [-0.2, -0.15) is 0 Å². The Labute approximate surface area is 122 Å². The van der Waals surface area contributed by atoms with Crippen LogP contribution in [0.5, 0.6) is 0 Å². The fourth-order valence-electron chi connectivity index (χ4n) is 2.98. The summed E-state index contributed by atoms with van der Waals surface area (Å²) >= 11 is 0. The van der Waals surface area contributed by atoms with Crippen LogP contribution in [0.1, 0.15) is 44.6 Å². The van der Waals surface area contributed by atoms with Crippen LogP contribution in [0.2, 0.25) is 0 Å². The quantitative estimate of drug-likeness (QED) is 0.919. The third-order valence-corrected chi connectivity index (χ3v) is 5.49. The van der Waals surface area contributed by atoms with Crippen molar-refractivity contribution in [3.8, 4) is 0 Å². The Morgan fingerprint density at radius 3 is 2.45 bits per heavy atom. The zero-order chi connectivity index (χ0) is 14.8. The molecule has 3 nitrogen and oxygen atoms in total. The van der Waals surface area contributed by atoms with Crippen molar-refractivity contribution < 1.29 is 8.42 Å². The van der Waals surface area contributed by atoms with Crippen LogP contribution in [0.15, 0.2) is 23.1 Å². The molecule has 4 heteroatoms. The average molecular weight is 295 g/mol. The molecule has 1 aromatic rings. The number of rotatable bonds is 4. The summed E-state index contributed by atoms with van der Waals surface area (Å²) in [5, 5.41) is 3.53. The SMILES string of the molecule is Cc1ccc(S(C)(=O)=O)cc1NC(C)C1CCCCC1. The van der Waals surface area contributed by atoms with Gasteiger partial charge in [0.2, 0.25) is 0 Å². The monoisotopic (exact) mass is 295 g/mol. The summed E-state index contributed by atoms with van der Waals surface area (Å²) in [5.74, 6) is 0.699. The van der Waals surface area contributed by atoms with Crippen molar-refractivity contribution in [2.45, 2.75) is 56.9 Å². The first-order valence-corrected chi connectivity index (χ1v) is 9.34. The maximum atomic E-state index is 11.7. The Balaban J connectivity index is 2.15. The van der Waals surface area contributed by atoms with Gasteiger partial charge in [0.15, 0.2) is 9.84 Å². The van der Waals surface area contributed by atoms with E-state index < -0.39 is 9.84 Å². The molecular weight excluding hydrogens is 270 g/mol. The van der Waals surface area contributed by atoms with Gasteiger partial charge in [0.1, 0.15) is 0 Å². The van der Waals surface area contributed by atoms with Crippen molar-refractivity contribution in [3.05, 3.63) is 23.8 Å². The second-order valence-electron chi connectivity index (χ2n) is 6.08. The van der Waals surface area contributed by atoms with Crippen molar-refractivity contribution in [1.29, 1.82) is 0 Å². The highest BCUT2D eigenvalue weighted by Crippen LogP contribution is 2.29. The summed E-state index contributed by atoms with van der Waals surface area (Å²) in [6.07, 6.45) is 7.80. The summed E-state index contributed by atoms with van der Waals surface area (Å²) in [4.78, 5) is 0.390. The Kier molecular flexibility index (Phi) is 4.74. The molecule has 1 unspecified atom stereocenters. The Hall–Kier alpha value is -1.03. The van der Waals surface area contributed by atoms with E-state index in [1.54, 1.807) is 12.1 Å². The number of hydrogen-bond acceptors (Lipinski definition) is 3. The molecule has 0 amide bonds. The van der Waals surface area contributed by atoms with Crippen molar-refractivity contribution in [2.24, 2.45) is 5.92 Å². The summed E-state index contributed by atoms with van der Waals surface area (Å²) in [6.45, 7) is 4.23. The van der Waals surface area contributed by atoms with E-state index in [1.165, 1.54) is 38.4 Å². The van der Waals surface area contributed by atoms with Gasteiger partial charge in [0.25, 0.3) is 0 Å². The molecule has 1 aliphatic carbocycles. The molecule has 0 bridgehead atoms.